The van der Waals surface area contributed by atoms with Crippen LogP contribution in [-0.4, -0.2) is 43.2 Å². The molecule has 1 aliphatic rings. The molecule has 0 aromatic carbocycles. The predicted octanol–water partition coefficient (Wildman–Crippen LogP) is 2.52. The molecule has 2 rings (SSSR count). The molecule has 5 nitrogen and oxygen atoms in total. The predicted molar refractivity (Wildman–Crippen MR) is 88.1 cm³/mol. The van der Waals surface area contributed by atoms with E-state index in [1.807, 2.05) is 13.8 Å². The summed E-state index contributed by atoms with van der Waals surface area (Å²) >= 11 is 1.44. The van der Waals surface area contributed by atoms with E-state index in [0.717, 1.165) is 31.2 Å². The number of nitriles is 1. The SMILES string of the molecule is CC(C)Oc1c(N2CCN(C(C)C)CC2)sc(C#N)c1N. The number of nitrogens with zero attached hydrogens (tertiary/aromatic N) is 3. The Kier molecular flexibility index (Phi) is 4.96. The minimum Gasteiger partial charge on any atom is -0.486 e. The maximum atomic E-state index is 9.20. The molecule has 2 N–H and O–H groups in total. The molecular formula is C15H24N4OS. The summed E-state index contributed by atoms with van der Waals surface area (Å²) in [6.07, 6.45) is 0.0455. The van der Waals surface area contributed by atoms with Gasteiger partial charge in [0.15, 0.2) is 5.75 Å². The summed E-state index contributed by atoms with van der Waals surface area (Å²) < 4.78 is 5.87. The second kappa shape index (κ2) is 6.54. The normalized spacial score (nSPS) is 16.5. The van der Waals surface area contributed by atoms with Gasteiger partial charge >= 0.3 is 0 Å². The van der Waals surface area contributed by atoms with Gasteiger partial charge in [-0.25, -0.2) is 0 Å². The van der Waals surface area contributed by atoms with Crippen LogP contribution in [0.3, 0.4) is 0 Å². The van der Waals surface area contributed by atoms with Crippen molar-refractivity contribution in [1.82, 2.24) is 4.90 Å². The van der Waals surface area contributed by atoms with Crippen LogP contribution < -0.4 is 15.4 Å². The lowest BCUT2D eigenvalue weighted by Crippen LogP contribution is -2.48. The highest BCUT2D eigenvalue weighted by molar-refractivity contribution is 7.17. The number of piperazine rings is 1. The average molecular weight is 308 g/mol. The van der Waals surface area contributed by atoms with Crippen molar-refractivity contribution in [3.63, 3.8) is 0 Å². The topological polar surface area (TPSA) is 65.5 Å². The molecule has 0 aliphatic carbocycles. The third kappa shape index (κ3) is 3.42. The number of anilines is 2. The quantitative estimate of drug-likeness (QED) is 0.926. The third-order valence-electron chi connectivity index (χ3n) is 3.67. The first-order valence-corrected chi connectivity index (χ1v) is 8.23. The molecule has 0 saturated carbocycles. The first-order valence-electron chi connectivity index (χ1n) is 7.42. The maximum absolute atomic E-state index is 9.20. The maximum Gasteiger partial charge on any atom is 0.178 e. The van der Waals surface area contributed by atoms with Gasteiger partial charge in [0.25, 0.3) is 0 Å². The minimum atomic E-state index is 0.0455. The van der Waals surface area contributed by atoms with E-state index >= 15 is 0 Å². The molecule has 0 radical (unpaired) electrons. The van der Waals surface area contributed by atoms with E-state index in [4.69, 9.17) is 10.5 Å². The van der Waals surface area contributed by atoms with E-state index in [9.17, 15) is 5.26 Å². The highest BCUT2D eigenvalue weighted by Gasteiger charge is 2.26. The van der Waals surface area contributed by atoms with Gasteiger partial charge in [-0.3, -0.25) is 4.90 Å². The number of nitrogen functional groups attached to an aromatic ring is 1. The Bertz CT molecular complexity index is 525. The van der Waals surface area contributed by atoms with Crippen molar-refractivity contribution in [2.75, 3.05) is 36.8 Å². The summed E-state index contributed by atoms with van der Waals surface area (Å²) in [5, 5.41) is 10.2. The molecule has 1 saturated heterocycles. The Labute approximate surface area is 130 Å². The molecule has 1 aliphatic heterocycles. The summed E-state index contributed by atoms with van der Waals surface area (Å²) in [5.41, 5.74) is 6.55. The smallest absolute Gasteiger partial charge is 0.178 e. The van der Waals surface area contributed by atoms with Crippen LogP contribution in [0.2, 0.25) is 0 Å². The van der Waals surface area contributed by atoms with Crippen molar-refractivity contribution >= 4 is 22.0 Å². The molecule has 0 atom stereocenters. The van der Waals surface area contributed by atoms with Crippen LogP contribution >= 0.6 is 11.3 Å². The van der Waals surface area contributed by atoms with Gasteiger partial charge in [0.2, 0.25) is 0 Å². The van der Waals surface area contributed by atoms with E-state index in [1.165, 1.54) is 11.3 Å². The standard InChI is InChI=1S/C15H24N4OS/c1-10(2)18-5-7-19(8-6-18)15-14(20-11(3)4)13(17)12(9-16)21-15/h10-11H,5-8,17H2,1-4H3. The molecule has 0 unspecified atom stereocenters. The van der Waals surface area contributed by atoms with Crippen molar-refractivity contribution in [1.29, 1.82) is 5.26 Å². The molecule has 0 amide bonds. The molecule has 0 bridgehead atoms. The summed E-state index contributed by atoms with van der Waals surface area (Å²) in [6, 6.07) is 2.74. The van der Waals surface area contributed by atoms with Gasteiger partial charge in [0.1, 0.15) is 21.6 Å². The second-order valence-corrected chi connectivity index (χ2v) is 6.87. The first-order chi connectivity index (χ1) is 9.93. The largest absolute Gasteiger partial charge is 0.486 e. The Morgan fingerprint density at radius 3 is 2.29 bits per heavy atom. The van der Waals surface area contributed by atoms with Crippen molar-refractivity contribution in [3.05, 3.63) is 4.88 Å². The molecule has 6 heteroatoms. The second-order valence-electron chi connectivity index (χ2n) is 5.87. The van der Waals surface area contributed by atoms with Crippen molar-refractivity contribution < 1.29 is 4.74 Å². The van der Waals surface area contributed by atoms with Crippen LogP contribution in [0.4, 0.5) is 10.7 Å². The lowest BCUT2D eigenvalue weighted by Gasteiger charge is -2.37. The summed E-state index contributed by atoms with van der Waals surface area (Å²) in [4.78, 5) is 5.30. The van der Waals surface area contributed by atoms with E-state index in [-0.39, 0.29) is 6.10 Å². The monoisotopic (exact) mass is 308 g/mol. The number of thiophene rings is 1. The molecule has 1 aromatic heterocycles. The number of hydrogen-bond donors (Lipinski definition) is 1. The van der Waals surface area contributed by atoms with Gasteiger partial charge in [-0.05, 0) is 27.7 Å². The van der Waals surface area contributed by atoms with Crippen LogP contribution in [0.25, 0.3) is 0 Å². The van der Waals surface area contributed by atoms with Gasteiger partial charge < -0.3 is 15.4 Å². The fraction of sp³-hybridized carbons (Fsp3) is 0.667. The summed E-state index contributed by atoms with van der Waals surface area (Å²) in [7, 11) is 0. The van der Waals surface area contributed by atoms with Crippen LogP contribution in [0.5, 0.6) is 5.75 Å². The average Bonchev–Trinajstić information content (AvgIpc) is 2.75. The Morgan fingerprint density at radius 1 is 1.19 bits per heavy atom. The van der Waals surface area contributed by atoms with Gasteiger partial charge in [0.05, 0.1) is 6.10 Å². The number of rotatable bonds is 4. The first kappa shape index (κ1) is 15.9. The summed E-state index contributed by atoms with van der Waals surface area (Å²) in [5.74, 6) is 0.685. The van der Waals surface area contributed by atoms with Gasteiger partial charge in [-0.1, -0.05) is 0 Å². The number of nitrogens with two attached hydrogens (primary N) is 1. The van der Waals surface area contributed by atoms with Crippen LogP contribution in [-0.2, 0) is 0 Å². The minimum absolute atomic E-state index is 0.0455. The fourth-order valence-corrected chi connectivity index (χ4v) is 3.50. The van der Waals surface area contributed by atoms with Crippen LogP contribution in [0, 0.1) is 11.3 Å². The van der Waals surface area contributed by atoms with E-state index in [1.54, 1.807) is 0 Å². The molecule has 1 aromatic rings. The van der Waals surface area contributed by atoms with Gasteiger partial charge in [-0.15, -0.1) is 11.3 Å². The van der Waals surface area contributed by atoms with Crippen molar-refractivity contribution in [3.8, 4) is 11.8 Å². The molecule has 21 heavy (non-hydrogen) atoms. The Hall–Kier alpha value is -1.45. The van der Waals surface area contributed by atoms with Gasteiger partial charge in [-0.2, -0.15) is 5.26 Å². The highest BCUT2D eigenvalue weighted by Crippen LogP contribution is 2.45. The fourth-order valence-electron chi connectivity index (χ4n) is 2.50. The Balaban J connectivity index is 2.22. The zero-order chi connectivity index (χ0) is 15.6. The van der Waals surface area contributed by atoms with E-state index < -0.39 is 0 Å². The molecule has 1 fully saturated rings. The molecule has 116 valence electrons. The number of ether oxygens (including phenoxy) is 1. The van der Waals surface area contributed by atoms with E-state index in [0.29, 0.717) is 22.4 Å². The van der Waals surface area contributed by atoms with Crippen LogP contribution in [0.15, 0.2) is 0 Å². The van der Waals surface area contributed by atoms with Crippen LogP contribution in [0.1, 0.15) is 32.6 Å². The zero-order valence-electron chi connectivity index (χ0n) is 13.2. The summed E-state index contributed by atoms with van der Waals surface area (Å²) in [6.45, 7) is 12.3. The Morgan fingerprint density at radius 2 is 1.81 bits per heavy atom. The molecule has 0 spiro atoms. The lowest BCUT2D eigenvalue weighted by atomic mass is 10.2. The lowest BCUT2D eigenvalue weighted by molar-refractivity contribution is 0.208. The third-order valence-corrected chi connectivity index (χ3v) is 4.82. The number of hydrogen-bond acceptors (Lipinski definition) is 6. The van der Waals surface area contributed by atoms with Crippen molar-refractivity contribution in [2.24, 2.45) is 0 Å². The van der Waals surface area contributed by atoms with E-state index in [2.05, 4.69) is 29.7 Å². The molecule has 2 heterocycles. The zero-order valence-corrected chi connectivity index (χ0v) is 14.0. The highest BCUT2D eigenvalue weighted by atomic mass is 32.1. The van der Waals surface area contributed by atoms with Crippen molar-refractivity contribution in [2.45, 2.75) is 39.8 Å². The molecular weight excluding hydrogens is 284 g/mol. The van der Waals surface area contributed by atoms with Gasteiger partial charge in [0, 0.05) is 32.2 Å².